The van der Waals surface area contributed by atoms with Gasteiger partial charge in [-0.3, -0.25) is 4.79 Å². The number of carbonyl (C=O) groups is 1. The molecular weight excluding hydrogens is 236 g/mol. The Bertz CT molecular complexity index is 593. The van der Waals surface area contributed by atoms with Crippen molar-refractivity contribution in [1.82, 2.24) is 4.98 Å². The van der Waals surface area contributed by atoms with Gasteiger partial charge < -0.3 is 5.32 Å². The first-order valence-electron chi connectivity index (χ1n) is 6.64. The summed E-state index contributed by atoms with van der Waals surface area (Å²) >= 11 is 0. The molecule has 0 saturated carbocycles. The van der Waals surface area contributed by atoms with E-state index in [0.29, 0.717) is 6.42 Å². The van der Waals surface area contributed by atoms with Crippen LogP contribution in [0.4, 0.5) is 5.82 Å². The van der Waals surface area contributed by atoms with Gasteiger partial charge in [0.15, 0.2) is 0 Å². The van der Waals surface area contributed by atoms with Gasteiger partial charge in [-0.15, -0.1) is 0 Å². The van der Waals surface area contributed by atoms with Gasteiger partial charge in [0.2, 0.25) is 5.91 Å². The summed E-state index contributed by atoms with van der Waals surface area (Å²) in [6.45, 7) is 0. The molecular formula is C16H16N2O. The molecule has 3 rings (SSSR count). The third-order valence-corrected chi connectivity index (χ3v) is 3.39. The molecule has 1 aliphatic rings. The van der Waals surface area contributed by atoms with Crippen molar-refractivity contribution in [3.63, 3.8) is 0 Å². The van der Waals surface area contributed by atoms with E-state index in [1.54, 1.807) is 0 Å². The zero-order valence-electron chi connectivity index (χ0n) is 10.7. The highest BCUT2D eigenvalue weighted by atomic mass is 16.1. The van der Waals surface area contributed by atoms with E-state index in [0.717, 1.165) is 36.3 Å². The number of nitrogens with one attached hydrogen (secondary N) is 1. The second-order valence-electron chi connectivity index (χ2n) is 4.87. The quantitative estimate of drug-likeness (QED) is 0.909. The molecule has 3 nitrogen and oxygen atoms in total. The maximum atomic E-state index is 11.3. The van der Waals surface area contributed by atoms with Crippen molar-refractivity contribution in [2.45, 2.75) is 25.7 Å². The third-order valence-electron chi connectivity index (χ3n) is 3.39. The zero-order valence-corrected chi connectivity index (χ0v) is 10.7. The van der Waals surface area contributed by atoms with Gasteiger partial charge in [0.05, 0.1) is 6.42 Å². The molecule has 1 aromatic carbocycles. The molecule has 0 atom stereocenters. The number of benzene rings is 1. The Morgan fingerprint density at radius 3 is 2.74 bits per heavy atom. The van der Waals surface area contributed by atoms with Crippen LogP contribution in [0.5, 0.6) is 0 Å². The monoisotopic (exact) mass is 252 g/mol. The predicted molar refractivity (Wildman–Crippen MR) is 75.0 cm³/mol. The summed E-state index contributed by atoms with van der Waals surface area (Å²) in [5.74, 6) is 0.797. The van der Waals surface area contributed by atoms with Gasteiger partial charge in [-0.25, -0.2) is 4.98 Å². The molecule has 2 aromatic rings. The summed E-state index contributed by atoms with van der Waals surface area (Å²) in [6, 6.07) is 14.5. The van der Waals surface area contributed by atoms with Crippen LogP contribution in [0.3, 0.4) is 0 Å². The molecule has 0 radical (unpaired) electrons. The van der Waals surface area contributed by atoms with Crippen LogP contribution in [-0.2, 0) is 24.1 Å². The Kier molecular flexibility index (Phi) is 3.27. The first kappa shape index (κ1) is 11.9. The van der Waals surface area contributed by atoms with Crippen LogP contribution in [0.2, 0.25) is 0 Å². The van der Waals surface area contributed by atoms with Crippen molar-refractivity contribution in [3.05, 3.63) is 59.3 Å². The number of carbonyl (C=O) groups excluding carboxylic acids is 1. The van der Waals surface area contributed by atoms with Gasteiger partial charge in [0, 0.05) is 11.3 Å². The fourth-order valence-electron chi connectivity index (χ4n) is 2.39. The van der Waals surface area contributed by atoms with E-state index in [2.05, 4.69) is 34.6 Å². The fraction of sp³-hybridized carbons (Fsp3) is 0.250. The summed E-state index contributed by atoms with van der Waals surface area (Å²) in [7, 11) is 0. The Balaban J connectivity index is 1.59. The van der Waals surface area contributed by atoms with Crippen LogP contribution in [0.25, 0.3) is 0 Å². The lowest BCUT2D eigenvalue weighted by Gasteiger charge is -2.04. The van der Waals surface area contributed by atoms with Crippen molar-refractivity contribution < 1.29 is 4.79 Å². The number of nitrogens with zero attached hydrogens (tertiary/aromatic N) is 1. The average Bonchev–Trinajstić information content (AvgIpc) is 2.79. The average molecular weight is 252 g/mol. The summed E-state index contributed by atoms with van der Waals surface area (Å²) < 4.78 is 0. The number of amides is 1. The van der Waals surface area contributed by atoms with E-state index in [1.807, 2.05) is 18.2 Å². The largest absolute Gasteiger partial charge is 0.310 e. The van der Waals surface area contributed by atoms with E-state index in [1.165, 1.54) is 5.56 Å². The summed E-state index contributed by atoms with van der Waals surface area (Å²) in [5, 5.41) is 2.80. The number of aromatic nitrogens is 1. The molecule has 0 spiro atoms. The van der Waals surface area contributed by atoms with Gasteiger partial charge in [-0.05, 0) is 30.9 Å². The molecule has 0 unspecified atom stereocenters. The number of fused-ring (bicyclic) bond motifs is 1. The van der Waals surface area contributed by atoms with Crippen LogP contribution < -0.4 is 5.32 Å². The lowest BCUT2D eigenvalue weighted by atomic mass is 10.1. The van der Waals surface area contributed by atoms with Crippen molar-refractivity contribution in [3.8, 4) is 0 Å². The minimum atomic E-state index is 0.0453. The standard InChI is InChI=1S/C16H16N2O/c19-15-11-13-9-10-14(17-16(13)18-15)8-4-7-12-5-2-1-3-6-12/h1-3,5-6,9-10H,4,7-8,11H2,(H,17,18,19). The van der Waals surface area contributed by atoms with E-state index in [4.69, 9.17) is 0 Å². The lowest BCUT2D eigenvalue weighted by molar-refractivity contribution is -0.115. The maximum absolute atomic E-state index is 11.3. The van der Waals surface area contributed by atoms with Crippen molar-refractivity contribution in [1.29, 1.82) is 0 Å². The van der Waals surface area contributed by atoms with E-state index >= 15 is 0 Å². The summed E-state index contributed by atoms with van der Waals surface area (Å²) in [5.41, 5.74) is 3.42. The highest BCUT2D eigenvalue weighted by Crippen LogP contribution is 2.21. The highest BCUT2D eigenvalue weighted by Gasteiger charge is 2.18. The van der Waals surface area contributed by atoms with Gasteiger partial charge in [-0.2, -0.15) is 0 Å². The Labute approximate surface area is 112 Å². The minimum Gasteiger partial charge on any atom is -0.310 e. The van der Waals surface area contributed by atoms with Gasteiger partial charge in [0.1, 0.15) is 5.82 Å². The van der Waals surface area contributed by atoms with Crippen molar-refractivity contribution in [2.75, 3.05) is 5.32 Å². The molecule has 0 saturated heterocycles. The Morgan fingerprint density at radius 1 is 1.05 bits per heavy atom. The smallest absolute Gasteiger partial charge is 0.230 e. The first-order chi connectivity index (χ1) is 9.31. The molecule has 0 aliphatic carbocycles. The molecule has 1 aromatic heterocycles. The first-order valence-corrected chi connectivity index (χ1v) is 6.64. The van der Waals surface area contributed by atoms with Crippen LogP contribution >= 0.6 is 0 Å². The number of hydrogen-bond donors (Lipinski definition) is 1. The molecule has 0 bridgehead atoms. The summed E-state index contributed by atoms with van der Waals surface area (Å²) in [4.78, 5) is 15.8. The Hall–Kier alpha value is -2.16. The zero-order chi connectivity index (χ0) is 13.1. The van der Waals surface area contributed by atoms with Gasteiger partial charge in [0.25, 0.3) is 0 Å². The number of aryl methyl sites for hydroxylation is 2. The van der Waals surface area contributed by atoms with E-state index < -0.39 is 0 Å². The van der Waals surface area contributed by atoms with E-state index in [-0.39, 0.29) is 5.91 Å². The molecule has 1 aliphatic heterocycles. The number of hydrogen-bond acceptors (Lipinski definition) is 2. The van der Waals surface area contributed by atoms with Crippen LogP contribution in [0.1, 0.15) is 23.2 Å². The Morgan fingerprint density at radius 2 is 1.89 bits per heavy atom. The molecule has 0 fully saturated rings. The highest BCUT2D eigenvalue weighted by molar-refractivity contribution is 5.97. The summed E-state index contributed by atoms with van der Waals surface area (Å²) in [6.07, 6.45) is 3.54. The molecule has 2 heterocycles. The predicted octanol–water partition coefficient (Wildman–Crippen LogP) is 2.75. The van der Waals surface area contributed by atoms with E-state index in [9.17, 15) is 4.79 Å². The molecule has 1 N–H and O–H groups in total. The fourth-order valence-corrected chi connectivity index (χ4v) is 2.39. The lowest BCUT2D eigenvalue weighted by Crippen LogP contribution is -2.04. The molecule has 3 heteroatoms. The molecule has 1 amide bonds. The number of pyridine rings is 1. The third kappa shape index (κ3) is 2.81. The van der Waals surface area contributed by atoms with Crippen molar-refractivity contribution >= 4 is 11.7 Å². The number of anilines is 1. The van der Waals surface area contributed by atoms with Gasteiger partial charge in [-0.1, -0.05) is 36.4 Å². The normalized spacial score (nSPS) is 13.2. The topological polar surface area (TPSA) is 42.0 Å². The second kappa shape index (κ2) is 5.22. The minimum absolute atomic E-state index is 0.0453. The second-order valence-corrected chi connectivity index (χ2v) is 4.87. The van der Waals surface area contributed by atoms with Crippen molar-refractivity contribution in [2.24, 2.45) is 0 Å². The maximum Gasteiger partial charge on any atom is 0.230 e. The SMILES string of the molecule is O=C1Cc2ccc(CCCc3ccccc3)nc2N1. The molecule has 19 heavy (non-hydrogen) atoms. The van der Waals surface area contributed by atoms with Crippen LogP contribution in [0, 0.1) is 0 Å². The van der Waals surface area contributed by atoms with Crippen LogP contribution in [0.15, 0.2) is 42.5 Å². The number of rotatable bonds is 4. The van der Waals surface area contributed by atoms with Crippen LogP contribution in [-0.4, -0.2) is 10.9 Å². The van der Waals surface area contributed by atoms with Gasteiger partial charge >= 0.3 is 0 Å². The molecule has 96 valence electrons.